The SMILES string of the molecule is CN(CC1CCCCC1)c1ccc(F)cc1CCN. The lowest BCUT2D eigenvalue weighted by Crippen LogP contribution is -2.27. The molecule has 1 aliphatic carbocycles. The van der Waals surface area contributed by atoms with Crippen molar-refractivity contribution in [2.45, 2.75) is 38.5 Å². The Kier molecular flexibility index (Phi) is 5.20. The Morgan fingerprint density at radius 1 is 1.26 bits per heavy atom. The number of hydrogen-bond acceptors (Lipinski definition) is 2. The van der Waals surface area contributed by atoms with Crippen LogP contribution in [0.1, 0.15) is 37.7 Å². The Morgan fingerprint density at radius 3 is 2.68 bits per heavy atom. The number of rotatable bonds is 5. The molecule has 0 atom stereocenters. The second-order valence-electron chi connectivity index (χ2n) is 5.70. The highest BCUT2D eigenvalue weighted by Crippen LogP contribution is 2.27. The summed E-state index contributed by atoms with van der Waals surface area (Å²) in [5.74, 6) is 0.618. The summed E-state index contributed by atoms with van der Waals surface area (Å²) < 4.78 is 13.3. The first-order valence-corrected chi connectivity index (χ1v) is 7.40. The molecule has 106 valence electrons. The van der Waals surface area contributed by atoms with Crippen LogP contribution in [0.2, 0.25) is 0 Å². The van der Waals surface area contributed by atoms with Gasteiger partial charge in [-0.2, -0.15) is 0 Å². The predicted octanol–water partition coefficient (Wildman–Crippen LogP) is 3.34. The average molecular weight is 264 g/mol. The number of benzene rings is 1. The van der Waals surface area contributed by atoms with E-state index in [-0.39, 0.29) is 5.82 Å². The lowest BCUT2D eigenvalue weighted by Gasteiger charge is -2.29. The molecule has 1 aromatic carbocycles. The molecule has 2 N–H and O–H groups in total. The Hall–Kier alpha value is -1.09. The van der Waals surface area contributed by atoms with E-state index in [2.05, 4.69) is 11.9 Å². The molecule has 1 fully saturated rings. The van der Waals surface area contributed by atoms with E-state index in [1.165, 1.54) is 32.1 Å². The first kappa shape index (κ1) is 14.3. The van der Waals surface area contributed by atoms with Crippen LogP contribution in [-0.4, -0.2) is 20.1 Å². The van der Waals surface area contributed by atoms with Crippen LogP contribution in [-0.2, 0) is 6.42 Å². The molecule has 1 saturated carbocycles. The number of halogens is 1. The van der Waals surface area contributed by atoms with E-state index in [9.17, 15) is 4.39 Å². The van der Waals surface area contributed by atoms with Gasteiger partial charge in [-0.1, -0.05) is 19.3 Å². The van der Waals surface area contributed by atoms with Gasteiger partial charge in [0.2, 0.25) is 0 Å². The fourth-order valence-electron chi connectivity index (χ4n) is 3.14. The van der Waals surface area contributed by atoms with E-state index < -0.39 is 0 Å². The van der Waals surface area contributed by atoms with Crippen LogP contribution >= 0.6 is 0 Å². The summed E-state index contributed by atoms with van der Waals surface area (Å²) in [4.78, 5) is 2.28. The minimum absolute atomic E-state index is 0.168. The first-order valence-electron chi connectivity index (χ1n) is 7.40. The summed E-state index contributed by atoms with van der Waals surface area (Å²) >= 11 is 0. The van der Waals surface area contributed by atoms with Gasteiger partial charge in [0.15, 0.2) is 0 Å². The zero-order valence-electron chi connectivity index (χ0n) is 11.9. The molecule has 0 unspecified atom stereocenters. The molecule has 0 aliphatic heterocycles. The second-order valence-corrected chi connectivity index (χ2v) is 5.70. The van der Waals surface area contributed by atoms with Crippen molar-refractivity contribution in [2.75, 3.05) is 25.0 Å². The summed E-state index contributed by atoms with van der Waals surface area (Å²) in [6.45, 7) is 1.64. The molecule has 0 spiro atoms. The van der Waals surface area contributed by atoms with Crippen LogP contribution in [0.15, 0.2) is 18.2 Å². The largest absolute Gasteiger partial charge is 0.374 e. The van der Waals surface area contributed by atoms with E-state index >= 15 is 0 Å². The Morgan fingerprint density at radius 2 is 2.00 bits per heavy atom. The molecular weight excluding hydrogens is 239 g/mol. The highest BCUT2D eigenvalue weighted by atomic mass is 19.1. The van der Waals surface area contributed by atoms with Crippen molar-refractivity contribution < 1.29 is 4.39 Å². The van der Waals surface area contributed by atoms with Gasteiger partial charge >= 0.3 is 0 Å². The van der Waals surface area contributed by atoms with Crippen LogP contribution in [0, 0.1) is 11.7 Å². The molecule has 19 heavy (non-hydrogen) atoms. The van der Waals surface area contributed by atoms with Crippen molar-refractivity contribution in [3.05, 3.63) is 29.6 Å². The average Bonchev–Trinajstić information content (AvgIpc) is 2.40. The van der Waals surface area contributed by atoms with E-state index in [1.807, 2.05) is 6.07 Å². The molecule has 0 heterocycles. The van der Waals surface area contributed by atoms with E-state index in [0.29, 0.717) is 6.54 Å². The monoisotopic (exact) mass is 264 g/mol. The summed E-state index contributed by atoms with van der Waals surface area (Å²) in [7, 11) is 2.11. The molecule has 3 heteroatoms. The van der Waals surface area contributed by atoms with Gasteiger partial charge in [-0.15, -0.1) is 0 Å². The van der Waals surface area contributed by atoms with E-state index in [1.54, 1.807) is 12.1 Å². The lowest BCUT2D eigenvalue weighted by atomic mass is 9.89. The minimum Gasteiger partial charge on any atom is -0.374 e. The maximum absolute atomic E-state index is 13.3. The summed E-state index contributed by atoms with van der Waals surface area (Å²) in [6.07, 6.45) is 7.50. The van der Waals surface area contributed by atoms with Gasteiger partial charge in [-0.25, -0.2) is 4.39 Å². The lowest BCUT2D eigenvalue weighted by molar-refractivity contribution is 0.362. The molecule has 0 radical (unpaired) electrons. The summed E-state index contributed by atoms with van der Waals surface area (Å²) in [6, 6.07) is 5.06. The number of hydrogen-bond donors (Lipinski definition) is 1. The van der Waals surface area contributed by atoms with Gasteiger partial charge < -0.3 is 10.6 Å². The fourth-order valence-corrected chi connectivity index (χ4v) is 3.14. The second kappa shape index (κ2) is 6.90. The first-order chi connectivity index (χ1) is 9.20. The third kappa shape index (κ3) is 3.93. The molecule has 0 amide bonds. The van der Waals surface area contributed by atoms with Crippen LogP contribution in [0.3, 0.4) is 0 Å². The molecule has 2 rings (SSSR count). The van der Waals surface area contributed by atoms with Gasteiger partial charge in [0.25, 0.3) is 0 Å². The highest BCUT2D eigenvalue weighted by Gasteiger charge is 2.17. The summed E-state index contributed by atoms with van der Waals surface area (Å²) in [5.41, 5.74) is 7.79. The molecule has 2 nitrogen and oxygen atoms in total. The number of nitrogens with zero attached hydrogens (tertiary/aromatic N) is 1. The third-order valence-corrected chi connectivity index (χ3v) is 4.12. The zero-order valence-corrected chi connectivity index (χ0v) is 11.9. The molecule has 1 aliphatic rings. The van der Waals surface area contributed by atoms with Crippen LogP contribution in [0.5, 0.6) is 0 Å². The Balaban J connectivity index is 2.06. The molecule has 1 aromatic rings. The standard InChI is InChI=1S/C16H25FN2/c1-19(12-13-5-3-2-4-6-13)16-8-7-15(17)11-14(16)9-10-18/h7-8,11,13H,2-6,9-10,12,18H2,1H3. The third-order valence-electron chi connectivity index (χ3n) is 4.12. The van der Waals surface area contributed by atoms with E-state index in [4.69, 9.17) is 5.73 Å². The molecule has 0 saturated heterocycles. The van der Waals surface area contributed by atoms with Crippen LogP contribution in [0.4, 0.5) is 10.1 Å². The van der Waals surface area contributed by atoms with Crippen molar-refractivity contribution in [1.82, 2.24) is 0 Å². The summed E-state index contributed by atoms with van der Waals surface area (Å²) in [5, 5.41) is 0. The van der Waals surface area contributed by atoms with Gasteiger partial charge in [-0.05, 0) is 55.5 Å². The zero-order chi connectivity index (χ0) is 13.7. The fraction of sp³-hybridized carbons (Fsp3) is 0.625. The maximum atomic E-state index is 13.3. The van der Waals surface area contributed by atoms with Crippen LogP contribution in [0.25, 0.3) is 0 Å². The minimum atomic E-state index is -0.168. The van der Waals surface area contributed by atoms with Gasteiger partial charge in [-0.3, -0.25) is 0 Å². The molecular formula is C16H25FN2. The predicted molar refractivity (Wildman–Crippen MR) is 79.0 cm³/mol. The van der Waals surface area contributed by atoms with Crippen molar-refractivity contribution in [3.8, 4) is 0 Å². The van der Waals surface area contributed by atoms with Crippen LogP contribution < -0.4 is 10.6 Å². The van der Waals surface area contributed by atoms with Gasteiger partial charge in [0.05, 0.1) is 0 Å². The topological polar surface area (TPSA) is 29.3 Å². The van der Waals surface area contributed by atoms with Crippen molar-refractivity contribution in [1.29, 1.82) is 0 Å². The van der Waals surface area contributed by atoms with Gasteiger partial charge in [0.1, 0.15) is 5.82 Å². The number of anilines is 1. The molecule has 0 bridgehead atoms. The smallest absolute Gasteiger partial charge is 0.123 e. The van der Waals surface area contributed by atoms with Crippen molar-refractivity contribution in [2.24, 2.45) is 11.7 Å². The van der Waals surface area contributed by atoms with Gasteiger partial charge in [0, 0.05) is 19.3 Å². The maximum Gasteiger partial charge on any atom is 0.123 e. The van der Waals surface area contributed by atoms with E-state index in [0.717, 1.165) is 30.1 Å². The highest BCUT2D eigenvalue weighted by molar-refractivity contribution is 5.53. The molecule has 0 aromatic heterocycles. The van der Waals surface area contributed by atoms with Crippen molar-refractivity contribution in [3.63, 3.8) is 0 Å². The van der Waals surface area contributed by atoms with Crippen molar-refractivity contribution >= 4 is 5.69 Å². The normalized spacial score (nSPS) is 16.6. The number of nitrogens with two attached hydrogens (primary N) is 1. The quantitative estimate of drug-likeness (QED) is 0.883. The Labute approximate surface area is 115 Å². The Bertz CT molecular complexity index is 400.